The summed E-state index contributed by atoms with van der Waals surface area (Å²) in [6, 6.07) is 19.7. The van der Waals surface area contributed by atoms with E-state index in [0.717, 1.165) is 28.9 Å². The van der Waals surface area contributed by atoms with Crippen molar-refractivity contribution >= 4 is 17.6 Å². The van der Waals surface area contributed by atoms with E-state index in [2.05, 4.69) is 10.6 Å². The third-order valence-corrected chi connectivity index (χ3v) is 4.92. The van der Waals surface area contributed by atoms with Crippen LogP contribution in [0.4, 0.5) is 5.82 Å². The second-order valence-corrected chi connectivity index (χ2v) is 7.45. The molecule has 6 nitrogen and oxygen atoms in total. The number of hydrogen-bond acceptors (Lipinski definition) is 3. The fraction of sp³-hybridized carbons (Fsp3) is 0.292. The molecular formula is C24H28N4O2. The second kappa shape index (κ2) is 9.87. The Labute approximate surface area is 177 Å². The normalized spacial score (nSPS) is 11.7. The lowest BCUT2D eigenvalue weighted by Crippen LogP contribution is -2.32. The molecule has 1 heterocycles. The summed E-state index contributed by atoms with van der Waals surface area (Å²) in [5.41, 5.74) is 3.73. The Hall–Kier alpha value is -3.41. The number of nitrogens with one attached hydrogen (secondary N) is 2. The third kappa shape index (κ3) is 5.56. The average molecular weight is 405 g/mol. The molecule has 0 fully saturated rings. The summed E-state index contributed by atoms with van der Waals surface area (Å²) in [7, 11) is 0. The molecule has 0 aliphatic heterocycles. The molecule has 156 valence electrons. The van der Waals surface area contributed by atoms with Gasteiger partial charge in [-0.2, -0.15) is 5.10 Å². The summed E-state index contributed by atoms with van der Waals surface area (Å²) < 4.78 is 1.72. The van der Waals surface area contributed by atoms with E-state index in [1.807, 2.05) is 81.4 Å². The number of carbonyl (C=O) groups excluding carboxylic acids is 2. The first-order chi connectivity index (χ1) is 14.5. The monoisotopic (exact) mass is 404 g/mol. The number of hydrogen-bond donors (Lipinski definition) is 2. The molecule has 1 atom stereocenters. The van der Waals surface area contributed by atoms with E-state index in [4.69, 9.17) is 5.10 Å². The molecule has 2 N–H and O–H groups in total. The van der Waals surface area contributed by atoms with E-state index < -0.39 is 0 Å². The summed E-state index contributed by atoms with van der Waals surface area (Å²) >= 11 is 0. The van der Waals surface area contributed by atoms with Gasteiger partial charge in [-0.15, -0.1) is 0 Å². The highest BCUT2D eigenvalue weighted by Crippen LogP contribution is 2.25. The van der Waals surface area contributed by atoms with Crippen molar-refractivity contribution in [3.63, 3.8) is 0 Å². The van der Waals surface area contributed by atoms with Crippen LogP contribution in [0.3, 0.4) is 0 Å². The first-order valence-corrected chi connectivity index (χ1v) is 10.3. The van der Waals surface area contributed by atoms with Gasteiger partial charge in [-0.1, -0.05) is 55.0 Å². The topological polar surface area (TPSA) is 76.0 Å². The van der Waals surface area contributed by atoms with Crippen LogP contribution >= 0.6 is 0 Å². The quantitative estimate of drug-likeness (QED) is 0.581. The van der Waals surface area contributed by atoms with E-state index >= 15 is 0 Å². The van der Waals surface area contributed by atoms with Gasteiger partial charge in [-0.05, 0) is 32.4 Å². The largest absolute Gasteiger partial charge is 0.354 e. The highest BCUT2D eigenvalue weighted by molar-refractivity contribution is 5.93. The first-order valence-electron chi connectivity index (χ1n) is 10.3. The van der Waals surface area contributed by atoms with Gasteiger partial charge in [0.2, 0.25) is 11.8 Å². The molecule has 6 heteroatoms. The lowest BCUT2D eigenvalue weighted by Gasteiger charge is -2.11. The van der Waals surface area contributed by atoms with Crippen molar-refractivity contribution in [3.8, 4) is 16.9 Å². The van der Waals surface area contributed by atoms with Crippen molar-refractivity contribution in [2.75, 3.05) is 5.32 Å². The van der Waals surface area contributed by atoms with Gasteiger partial charge in [-0.25, -0.2) is 4.68 Å². The summed E-state index contributed by atoms with van der Waals surface area (Å²) in [5, 5.41) is 10.5. The van der Waals surface area contributed by atoms with Crippen LogP contribution in [-0.2, 0) is 9.59 Å². The first kappa shape index (κ1) is 21.3. The Bertz CT molecular complexity index is 994. The SMILES string of the molecule is CC[C@H](C)NC(=O)CCC(=O)Nc1cc(-c2ccccc2)nn1-c1ccc(C)cc1. The Morgan fingerprint density at radius 2 is 1.67 bits per heavy atom. The molecule has 0 unspecified atom stereocenters. The summed E-state index contributed by atoms with van der Waals surface area (Å²) in [4.78, 5) is 24.5. The molecule has 2 amide bonds. The Morgan fingerprint density at radius 3 is 2.33 bits per heavy atom. The minimum atomic E-state index is -0.220. The number of benzene rings is 2. The van der Waals surface area contributed by atoms with Crippen molar-refractivity contribution in [1.29, 1.82) is 0 Å². The van der Waals surface area contributed by atoms with Crippen molar-refractivity contribution in [1.82, 2.24) is 15.1 Å². The maximum absolute atomic E-state index is 12.5. The molecule has 0 saturated heterocycles. The summed E-state index contributed by atoms with van der Waals surface area (Å²) in [6.07, 6.45) is 1.12. The average Bonchev–Trinajstić information content (AvgIpc) is 3.17. The highest BCUT2D eigenvalue weighted by atomic mass is 16.2. The van der Waals surface area contributed by atoms with Crippen LogP contribution in [0.25, 0.3) is 16.9 Å². The number of rotatable bonds is 8. The number of amides is 2. The molecule has 0 radical (unpaired) electrons. The molecule has 3 rings (SSSR count). The number of carbonyl (C=O) groups is 2. The van der Waals surface area contributed by atoms with Gasteiger partial charge < -0.3 is 10.6 Å². The van der Waals surface area contributed by atoms with Crippen LogP contribution in [-0.4, -0.2) is 27.6 Å². The molecular weight excluding hydrogens is 376 g/mol. The minimum absolute atomic E-state index is 0.108. The van der Waals surface area contributed by atoms with Crippen molar-refractivity contribution in [3.05, 3.63) is 66.2 Å². The molecule has 0 aliphatic rings. The van der Waals surface area contributed by atoms with E-state index in [-0.39, 0.29) is 30.7 Å². The minimum Gasteiger partial charge on any atom is -0.354 e. The van der Waals surface area contributed by atoms with Gasteiger partial charge in [0.15, 0.2) is 0 Å². The summed E-state index contributed by atoms with van der Waals surface area (Å²) in [5.74, 6) is 0.240. The zero-order valence-electron chi connectivity index (χ0n) is 17.7. The fourth-order valence-electron chi connectivity index (χ4n) is 2.98. The van der Waals surface area contributed by atoms with Crippen molar-refractivity contribution in [2.24, 2.45) is 0 Å². The van der Waals surface area contributed by atoms with Gasteiger partial charge in [0.05, 0.1) is 11.4 Å². The van der Waals surface area contributed by atoms with Gasteiger partial charge in [-0.3, -0.25) is 9.59 Å². The van der Waals surface area contributed by atoms with Gasteiger partial charge >= 0.3 is 0 Å². The second-order valence-electron chi connectivity index (χ2n) is 7.45. The number of aromatic nitrogens is 2. The number of aryl methyl sites for hydroxylation is 1. The third-order valence-electron chi connectivity index (χ3n) is 4.92. The van der Waals surface area contributed by atoms with E-state index in [1.54, 1.807) is 4.68 Å². The van der Waals surface area contributed by atoms with Crippen LogP contribution in [0, 0.1) is 6.92 Å². The van der Waals surface area contributed by atoms with E-state index in [9.17, 15) is 9.59 Å². The lowest BCUT2D eigenvalue weighted by atomic mass is 10.1. The van der Waals surface area contributed by atoms with Crippen LogP contribution in [0.2, 0.25) is 0 Å². The van der Waals surface area contributed by atoms with E-state index in [1.165, 1.54) is 0 Å². The van der Waals surface area contributed by atoms with Crippen LogP contribution < -0.4 is 10.6 Å². The van der Waals surface area contributed by atoms with Crippen LogP contribution in [0.1, 0.15) is 38.7 Å². The summed E-state index contributed by atoms with van der Waals surface area (Å²) in [6.45, 7) is 5.98. The van der Waals surface area contributed by atoms with Gasteiger partial charge in [0.25, 0.3) is 0 Å². The zero-order valence-corrected chi connectivity index (χ0v) is 17.7. The Balaban J connectivity index is 1.78. The number of anilines is 1. The molecule has 30 heavy (non-hydrogen) atoms. The molecule has 0 bridgehead atoms. The van der Waals surface area contributed by atoms with Crippen LogP contribution in [0.5, 0.6) is 0 Å². The smallest absolute Gasteiger partial charge is 0.226 e. The molecule has 2 aromatic carbocycles. The predicted octanol–water partition coefficient (Wildman–Crippen LogP) is 4.48. The van der Waals surface area contributed by atoms with Gasteiger partial charge in [0.1, 0.15) is 5.82 Å². The number of nitrogens with zero attached hydrogens (tertiary/aromatic N) is 2. The Morgan fingerprint density at radius 1 is 1.00 bits per heavy atom. The maximum Gasteiger partial charge on any atom is 0.226 e. The molecule has 0 aliphatic carbocycles. The molecule has 1 aromatic heterocycles. The fourth-order valence-corrected chi connectivity index (χ4v) is 2.98. The van der Waals surface area contributed by atoms with Gasteiger partial charge in [0, 0.05) is 30.5 Å². The lowest BCUT2D eigenvalue weighted by molar-refractivity contribution is -0.124. The highest BCUT2D eigenvalue weighted by Gasteiger charge is 2.15. The molecule has 0 saturated carbocycles. The predicted molar refractivity (Wildman–Crippen MR) is 119 cm³/mol. The maximum atomic E-state index is 12.5. The van der Waals surface area contributed by atoms with E-state index in [0.29, 0.717) is 5.82 Å². The van der Waals surface area contributed by atoms with Crippen LogP contribution in [0.15, 0.2) is 60.7 Å². The Kier molecular flexibility index (Phi) is 7.01. The standard InChI is InChI=1S/C24H28N4O2/c1-4-18(3)25-23(29)14-15-24(30)26-22-16-21(19-8-6-5-7-9-19)27-28(22)20-12-10-17(2)11-13-20/h5-13,16,18H,4,14-15H2,1-3H3,(H,25,29)(H,26,30)/t18-/m0/s1. The zero-order chi connectivity index (χ0) is 21.5. The van der Waals surface area contributed by atoms with Crippen molar-refractivity contribution in [2.45, 2.75) is 46.1 Å². The van der Waals surface area contributed by atoms with Crippen molar-refractivity contribution < 1.29 is 9.59 Å². The molecule has 3 aromatic rings. The molecule has 0 spiro atoms.